The number of hydrogen-bond acceptors (Lipinski definition) is 2. The standard InChI is InChI=1S/C12H8N6Te2/c13-17-15-9-5-1-3-7-11(9)19-20-12-8-4-2-6-10(12)16-18-14/h1-8H. The van der Waals surface area contributed by atoms with Gasteiger partial charge in [-0.2, -0.15) is 0 Å². The molecule has 0 N–H and O–H groups in total. The molecule has 0 spiro atoms. The number of hydrogen-bond donors (Lipinski definition) is 0. The van der Waals surface area contributed by atoms with E-state index >= 15 is 0 Å². The Morgan fingerprint density at radius 3 is 1.50 bits per heavy atom. The van der Waals surface area contributed by atoms with Crippen molar-refractivity contribution in [2.75, 3.05) is 0 Å². The van der Waals surface area contributed by atoms with Crippen LogP contribution in [0.15, 0.2) is 58.8 Å². The first-order valence-corrected chi connectivity index (χ1v) is 15.1. The zero-order valence-electron chi connectivity index (χ0n) is 10.1. The first-order valence-electron chi connectivity index (χ1n) is 5.48. The van der Waals surface area contributed by atoms with Crippen molar-refractivity contribution in [3.8, 4) is 0 Å². The number of rotatable bonds is 5. The van der Waals surface area contributed by atoms with Crippen molar-refractivity contribution in [1.29, 1.82) is 0 Å². The molecule has 0 aromatic heterocycles. The van der Waals surface area contributed by atoms with E-state index in [1.54, 1.807) is 0 Å². The predicted molar refractivity (Wildman–Crippen MR) is 81.3 cm³/mol. The van der Waals surface area contributed by atoms with Gasteiger partial charge in [0.05, 0.1) is 0 Å². The predicted octanol–water partition coefficient (Wildman–Crippen LogP) is 2.84. The minimum atomic E-state index is -0.428. The maximum atomic E-state index is 8.57. The molecular formula is C12H8N6Te2. The fourth-order valence-electron chi connectivity index (χ4n) is 1.41. The second-order valence-corrected chi connectivity index (χ2v) is 13.3. The molecule has 2 aromatic carbocycles. The summed E-state index contributed by atoms with van der Waals surface area (Å²) in [5.74, 6) is 0. The Morgan fingerprint density at radius 1 is 0.700 bits per heavy atom. The summed E-state index contributed by atoms with van der Waals surface area (Å²) in [6, 6.07) is 15.4. The van der Waals surface area contributed by atoms with E-state index in [0.717, 1.165) is 18.6 Å². The summed E-state index contributed by atoms with van der Waals surface area (Å²) in [6.45, 7) is 0. The summed E-state index contributed by atoms with van der Waals surface area (Å²) in [5, 5.41) is 7.46. The van der Waals surface area contributed by atoms with Crippen LogP contribution in [0.4, 0.5) is 11.4 Å². The molecule has 0 saturated heterocycles. The van der Waals surface area contributed by atoms with Crippen LogP contribution in [-0.4, -0.2) is 34.1 Å². The Labute approximate surface area is 131 Å². The molecule has 0 amide bonds. The van der Waals surface area contributed by atoms with Crippen LogP contribution in [0.5, 0.6) is 0 Å². The molecule has 8 heteroatoms. The third-order valence-corrected chi connectivity index (χ3v) is 14.0. The van der Waals surface area contributed by atoms with E-state index in [9.17, 15) is 0 Å². The third kappa shape index (κ3) is 4.07. The summed E-state index contributed by atoms with van der Waals surface area (Å²) in [5.41, 5.74) is 18.6. The zero-order chi connectivity index (χ0) is 14.2. The van der Waals surface area contributed by atoms with Crippen LogP contribution >= 0.6 is 0 Å². The van der Waals surface area contributed by atoms with Crippen molar-refractivity contribution in [3.63, 3.8) is 0 Å². The second kappa shape index (κ2) is 8.04. The molecule has 0 atom stereocenters. The molecule has 0 fully saturated rings. The average molecular weight is 491 g/mol. The molecule has 20 heavy (non-hydrogen) atoms. The van der Waals surface area contributed by atoms with E-state index in [1.165, 1.54) is 0 Å². The fraction of sp³-hybridized carbons (Fsp3) is 0. The summed E-state index contributed by atoms with van der Waals surface area (Å²) in [7, 11) is 0. The molecule has 0 bridgehead atoms. The number of nitrogens with zero attached hydrogens (tertiary/aromatic N) is 6. The topological polar surface area (TPSA) is 97.5 Å². The van der Waals surface area contributed by atoms with Crippen LogP contribution in [-0.2, 0) is 0 Å². The summed E-state index contributed by atoms with van der Waals surface area (Å²) in [4.78, 5) is 5.72. The first-order chi connectivity index (χ1) is 9.85. The molecule has 2 aromatic rings. The molecule has 0 radical (unpaired) electrons. The SMILES string of the molecule is [N-]=[N+]=Nc1ccccc1[Te][Te]c1ccccc1N=[N+]=[N-]. The van der Waals surface area contributed by atoms with E-state index in [4.69, 9.17) is 11.1 Å². The average Bonchev–Trinajstić information content (AvgIpc) is 2.48. The maximum absolute atomic E-state index is 8.57. The molecule has 2 rings (SSSR count). The van der Waals surface area contributed by atoms with Crippen molar-refractivity contribution >= 4 is 52.7 Å². The van der Waals surface area contributed by atoms with Crippen LogP contribution in [0.2, 0.25) is 0 Å². The van der Waals surface area contributed by atoms with E-state index in [-0.39, 0.29) is 0 Å². The molecule has 98 valence electrons. The van der Waals surface area contributed by atoms with E-state index in [2.05, 4.69) is 20.1 Å². The van der Waals surface area contributed by atoms with Gasteiger partial charge in [-0.1, -0.05) is 0 Å². The summed E-state index contributed by atoms with van der Waals surface area (Å²) >= 11 is -0.857. The third-order valence-electron chi connectivity index (χ3n) is 2.26. The van der Waals surface area contributed by atoms with Gasteiger partial charge in [0.15, 0.2) is 0 Å². The van der Waals surface area contributed by atoms with Crippen LogP contribution in [0, 0.1) is 0 Å². The van der Waals surface area contributed by atoms with Crippen LogP contribution in [0.1, 0.15) is 0 Å². The summed E-state index contributed by atoms with van der Waals surface area (Å²) in [6.07, 6.45) is 0. The van der Waals surface area contributed by atoms with Crippen molar-refractivity contribution in [2.24, 2.45) is 10.2 Å². The van der Waals surface area contributed by atoms with E-state index < -0.39 is 34.1 Å². The van der Waals surface area contributed by atoms with Crippen molar-refractivity contribution in [3.05, 3.63) is 69.4 Å². The van der Waals surface area contributed by atoms with Gasteiger partial charge in [0.2, 0.25) is 0 Å². The normalized spacial score (nSPS) is 9.40. The minimum absolute atomic E-state index is 0.428. The monoisotopic (exact) mass is 496 g/mol. The van der Waals surface area contributed by atoms with Gasteiger partial charge in [-0.3, -0.25) is 0 Å². The van der Waals surface area contributed by atoms with Gasteiger partial charge < -0.3 is 0 Å². The van der Waals surface area contributed by atoms with Crippen LogP contribution < -0.4 is 7.22 Å². The molecule has 0 heterocycles. The van der Waals surface area contributed by atoms with E-state index in [0.29, 0.717) is 0 Å². The number of benzene rings is 2. The molecule has 0 saturated carbocycles. The zero-order valence-corrected chi connectivity index (χ0v) is 14.8. The Morgan fingerprint density at radius 2 is 1.10 bits per heavy atom. The van der Waals surface area contributed by atoms with Crippen molar-refractivity contribution in [1.82, 2.24) is 0 Å². The Kier molecular flexibility index (Phi) is 6.05. The fourth-order valence-corrected chi connectivity index (χ4v) is 12.6. The Bertz CT molecular complexity index is 643. The molecule has 0 aliphatic heterocycles. The van der Waals surface area contributed by atoms with Crippen LogP contribution in [0.25, 0.3) is 20.9 Å². The van der Waals surface area contributed by atoms with Gasteiger partial charge >= 0.3 is 132 Å². The summed E-state index contributed by atoms with van der Waals surface area (Å²) < 4.78 is 2.32. The molecule has 0 unspecified atom stereocenters. The van der Waals surface area contributed by atoms with Crippen molar-refractivity contribution < 1.29 is 0 Å². The van der Waals surface area contributed by atoms with Crippen molar-refractivity contribution in [2.45, 2.75) is 0 Å². The van der Waals surface area contributed by atoms with Gasteiger partial charge in [-0.15, -0.1) is 0 Å². The van der Waals surface area contributed by atoms with Gasteiger partial charge in [0.1, 0.15) is 0 Å². The molecule has 6 nitrogen and oxygen atoms in total. The van der Waals surface area contributed by atoms with Gasteiger partial charge in [0, 0.05) is 0 Å². The Hall–Kier alpha value is -1.36. The Balaban J connectivity index is 2.21. The van der Waals surface area contributed by atoms with Gasteiger partial charge in [-0.25, -0.2) is 0 Å². The van der Waals surface area contributed by atoms with E-state index in [1.807, 2.05) is 48.5 Å². The molecule has 0 aliphatic carbocycles. The van der Waals surface area contributed by atoms with Crippen LogP contribution in [0.3, 0.4) is 0 Å². The first kappa shape index (κ1) is 15.0. The van der Waals surface area contributed by atoms with Gasteiger partial charge in [0.25, 0.3) is 0 Å². The quantitative estimate of drug-likeness (QED) is 0.266. The molecular weight excluding hydrogens is 483 g/mol. The second-order valence-electron chi connectivity index (χ2n) is 3.48. The number of azide groups is 2. The van der Waals surface area contributed by atoms with Gasteiger partial charge in [-0.05, 0) is 0 Å². The molecule has 0 aliphatic rings.